The van der Waals surface area contributed by atoms with Crippen molar-refractivity contribution in [2.75, 3.05) is 44.9 Å². The van der Waals surface area contributed by atoms with Crippen LogP contribution in [0.5, 0.6) is 5.75 Å². The lowest BCUT2D eigenvalue weighted by molar-refractivity contribution is -0.136. The molecule has 1 aliphatic rings. The lowest BCUT2D eigenvalue weighted by atomic mass is 10.00. The number of carbonyl (C=O) groups excluding carboxylic acids is 1. The van der Waals surface area contributed by atoms with E-state index >= 15 is 0 Å². The third-order valence-electron chi connectivity index (χ3n) is 5.61. The summed E-state index contributed by atoms with van der Waals surface area (Å²) in [5, 5.41) is 0. The molecule has 0 amide bonds. The first-order valence-electron chi connectivity index (χ1n) is 11.6. The SMILES string of the molecule is CCCCN1CCC(C(=O)OC)=Cc2cc(-c3ccc(OCCOCCC)cc3)ccc21. The third kappa shape index (κ3) is 6.36. The molecule has 0 bridgehead atoms. The summed E-state index contributed by atoms with van der Waals surface area (Å²) in [5.41, 5.74) is 5.18. The number of benzene rings is 2. The van der Waals surface area contributed by atoms with Crippen molar-refractivity contribution in [3.63, 3.8) is 0 Å². The molecule has 0 aliphatic carbocycles. The number of ether oxygens (including phenoxy) is 3. The van der Waals surface area contributed by atoms with Crippen LogP contribution < -0.4 is 9.64 Å². The number of carbonyl (C=O) groups is 1. The van der Waals surface area contributed by atoms with Gasteiger partial charge in [0.1, 0.15) is 12.4 Å². The Bertz CT molecular complexity index is 904. The van der Waals surface area contributed by atoms with Crippen LogP contribution in [0.25, 0.3) is 17.2 Å². The van der Waals surface area contributed by atoms with E-state index in [1.807, 2.05) is 18.2 Å². The topological polar surface area (TPSA) is 48.0 Å². The minimum absolute atomic E-state index is 0.247. The summed E-state index contributed by atoms with van der Waals surface area (Å²) in [6.07, 6.45) is 5.96. The Kier molecular flexibility index (Phi) is 9.17. The van der Waals surface area contributed by atoms with E-state index in [0.717, 1.165) is 67.0 Å². The quantitative estimate of drug-likeness (QED) is 0.332. The number of anilines is 1. The second-order valence-electron chi connectivity index (χ2n) is 8.01. The third-order valence-corrected chi connectivity index (χ3v) is 5.61. The van der Waals surface area contributed by atoms with Crippen LogP contribution in [0, 0.1) is 0 Å². The molecule has 2 aromatic carbocycles. The monoisotopic (exact) mass is 437 g/mol. The Morgan fingerprint density at radius 3 is 2.47 bits per heavy atom. The number of unbranched alkanes of at least 4 members (excludes halogenated alkanes) is 1. The molecule has 172 valence electrons. The molecule has 0 N–H and O–H groups in total. The maximum absolute atomic E-state index is 12.3. The summed E-state index contributed by atoms with van der Waals surface area (Å²) in [4.78, 5) is 14.6. The van der Waals surface area contributed by atoms with Crippen molar-refractivity contribution in [3.8, 4) is 16.9 Å². The summed E-state index contributed by atoms with van der Waals surface area (Å²) >= 11 is 0. The summed E-state index contributed by atoms with van der Waals surface area (Å²) in [7, 11) is 1.44. The molecule has 5 nitrogen and oxygen atoms in total. The van der Waals surface area contributed by atoms with Gasteiger partial charge in [0.05, 0.1) is 13.7 Å². The van der Waals surface area contributed by atoms with Gasteiger partial charge in [0.15, 0.2) is 0 Å². The standard InChI is InChI=1S/C27H35NO4/c1-4-6-14-28-15-13-23(27(29)30-3)20-24-19-22(9-12-26(24)28)21-7-10-25(11-8-21)32-18-17-31-16-5-2/h7-12,19-20H,4-6,13-18H2,1-3H3. The van der Waals surface area contributed by atoms with E-state index < -0.39 is 0 Å². The molecule has 0 atom stereocenters. The summed E-state index contributed by atoms with van der Waals surface area (Å²) in [6.45, 7) is 8.02. The number of esters is 1. The molecule has 1 aliphatic heterocycles. The number of fused-ring (bicyclic) bond motifs is 1. The van der Waals surface area contributed by atoms with Crippen molar-refractivity contribution in [1.82, 2.24) is 0 Å². The van der Waals surface area contributed by atoms with Gasteiger partial charge in [0, 0.05) is 31.0 Å². The van der Waals surface area contributed by atoms with Gasteiger partial charge in [-0.2, -0.15) is 0 Å². The average Bonchev–Trinajstić information content (AvgIpc) is 3.01. The van der Waals surface area contributed by atoms with E-state index in [4.69, 9.17) is 14.2 Å². The number of nitrogens with zero attached hydrogens (tertiary/aromatic N) is 1. The van der Waals surface area contributed by atoms with Gasteiger partial charge in [-0.3, -0.25) is 0 Å². The highest BCUT2D eigenvalue weighted by Gasteiger charge is 2.20. The molecule has 3 rings (SSSR count). The number of hydrogen-bond donors (Lipinski definition) is 0. The predicted octanol–water partition coefficient (Wildman–Crippen LogP) is 5.73. The smallest absolute Gasteiger partial charge is 0.333 e. The van der Waals surface area contributed by atoms with Gasteiger partial charge in [0.25, 0.3) is 0 Å². The minimum atomic E-state index is -0.247. The molecule has 0 spiro atoms. The Morgan fingerprint density at radius 2 is 1.75 bits per heavy atom. The normalized spacial score (nSPS) is 13.2. The molecule has 0 aromatic heterocycles. The van der Waals surface area contributed by atoms with Crippen molar-refractivity contribution in [2.45, 2.75) is 39.5 Å². The molecule has 0 saturated heterocycles. The first kappa shape index (κ1) is 23.9. The van der Waals surface area contributed by atoms with E-state index in [9.17, 15) is 4.79 Å². The zero-order valence-electron chi connectivity index (χ0n) is 19.6. The van der Waals surface area contributed by atoms with Gasteiger partial charge in [-0.15, -0.1) is 0 Å². The maximum Gasteiger partial charge on any atom is 0.333 e. The summed E-state index contributed by atoms with van der Waals surface area (Å²) in [6, 6.07) is 14.6. The lowest BCUT2D eigenvalue weighted by Crippen LogP contribution is -2.26. The molecule has 0 fully saturated rings. The van der Waals surface area contributed by atoms with Crippen molar-refractivity contribution in [3.05, 3.63) is 53.6 Å². The second-order valence-corrected chi connectivity index (χ2v) is 8.01. The van der Waals surface area contributed by atoms with Gasteiger partial charge in [-0.25, -0.2) is 4.79 Å². The largest absolute Gasteiger partial charge is 0.491 e. The van der Waals surface area contributed by atoms with Crippen molar-refractivity contribution in [1.29, 1.82) is 0 Å². The minimum Gasteiger partial charge on any atom is -0.491 e. The maximum atomic E-state index is 12.3. The number of methoxy groups -OCH3 is 1. The molecule has 0 saturated carbocycles. The number of hydrogen-bond acceptors (Lipinski definition) is 5. The van der Waals surface area contributed by atoms with Crippen LogP contribution in [0.3, 0.4) is 0 Å². The highest BCUT2D eigenvalue weighted by molar-refractivity contribution is 5.96. The van der Waals surface area contributed by atoms with Crippen LogP contribution >= 0.6 is 0 Å². The summed E-state index contributed by atoms with van der Waals surface area (Å²) < 4.78 is 16.2. The first-order valence-corrected chi connectivity index (χ1v) is 11.6. The zero-order valence-corrected chi connectivity index (χ0v) is 19.6. The van der Waals surface area contributed by atoms with Crippen LogP contribution in [-0.4, -0.2) is 46.0 Å². The second kappa shape index (κ2) is 12.3. The molecular weight excluding hydrogens is 402 g/mol. The van der Waals surface area contributed by atoms with E-state index in [2.05, 4.69) is 49.1 Å². The highest BCUT2D eigenvalue weighted by atomic mass is 16.5. The van der Waals surface area contributed by atoms with Gasteiger partial charge < -0.3 is 19.1 Å². The van der Waals surface area contributed by atoms with Crippen LogP contribution in [0.2, 0.25) is 0 Å². The molecule has 32 heavy (non-hydrogen) atoms. The first-order chi connectivity index (χ1) is 15.7. The highest BCUT2D eigenvalue weighted by Crippen LogP contribution is 2.33. The molecule has 0 radical (unpaired) electrons. The predicted molar refractivity (Wildman–Crippen MR) is 130 cm³/mol. The Morgan fingerprint density at radius 1 is 0.969 bits per heavy atom. The molecule has 1 heterocycles. The van der Waals surface area contributed by atoms with Crippen LogP contribution in [0.15, 0.2) is 48.0 Å². The van der Waals surface area contributed by atoms with E-state index in [1.54, 1.807) is 0 Å². The van der Waals surface area contributed by atoms with Crippen LogP contribution in [0.4, 0.5) is 5.69 Å². The Labute approximate surface area is 192 Å². The van der Waals surface area contributed by atoms with Crippen molar-refractivity contribution in [2.24, 2.45) is 0 Å². The molecule has 5 heteroatoms. The van der Waals surface area contributed by atoms with Gasteiger partial charge >= 0.3 is 5.97 Å². The van der Waals surface area contributed by atoms with Crippen LogP contribution in [0.1, 0.15) is 45.1 Å². The number of rotatable bonds is 11. The van der Waals surface area contributed by atoms with Gasteiger partial charge in [-0.1, -0.05) is 38.5 Å². The van der Waals surface area contributed by atoms with E-state index in [0.29, 0.717) is 19.6 Å². The van der Waals surface area contributed by atoms with E-state index in [1.165, 1.54) is 12.8 Å². The zero-order chi connectivity index (χ0) is 22.8. The van der Waals surface area contributed by atoms with Gasteiger partial charge in [-0.05, 0) is 66.3 Å². The lowest BCUT2D eigenvalue weighted by Gasteiger charge is -2.25. The Balaban J connectivity index is 1.80. The Hall–Kier alpha value is -2.79. The fraction of sp³-hybridized carbons (Fsp3) is 0.444. The van der Waals surface area contributed by atoms with Crippen LogP contribution in [-0.2, 0) is 14.3 Å². The summed E-state index contributed by atoms with van der Waals surface area (Å²) in [5.74, 6) is 0.588. The fourth-order valence-corrected chi connectivity index (χ4v) is 3.86. The fourth-order valence-electron chi connectivity index (χ4n) is 3.86. The van der Waals surface area contributed by atoms with Crippen molar-refractivity contribution < 1.29 is 19.0 Å². The molecule has 0 unspecified atom stereocenters. The molecule has 2 aromatic rings. The molecular formula is C27H35NO4. The van der Waals surface area contributed by atoms with Crippen molar-refractivity contribution >= 4 is 17.7 Å². The average molecular weight is 438 g/mol. The van der Waals surface area contributed by atoms with E-state index in [-0.39, 0.29) is 5.97 Å². The van der Waals surface area contributed by atoms with Gasteiger partial charge in [0.2, 0.25) is 0 Å².